The lowest BCUT2D eigenvalue weighted by Gasteiger charge is -2.10. The molecule has 3 rings (SSSR count). The largest absolute Gasteiger partial charge is 0.467 e. The minimum Gasteiger partial charge on any atom is -0.467 e. The molecule has 0 saturated carbocycles. The summed E-state index contributed by atoms with van der Waals surface area (Å²) in [5.41, 5.74) is 1.18. The second-order valence-electron chi connectivity index (χ2n) is 5.67. The summed E-state index contributed by atoms with van der Waals surface area (Å²) in [4.78, 5) is 12.4. The fraction of sp³-hybridized carbons (Fsp3) is 0.0500. The summed E-state index contributed by atoms with van der Waals surface area (Å²) in [6.07, 6.45) is 3.00. The van der Waals surface area contributed by atoms with Crippen LogP contribution in [0.4, 0.5) is 5.69 Å². The number of hydrogen-bond acceptors (Lipinski definition) is 4. The van der Waals surface area contributed by atoms with E-state index in [9.17, 15) is 13.2 Å². The van der Waals surface area contributed by atoms with Crippen LogP contribution >= 0.6 is 0 Å². The van der Waals surface area contributed by atoms with Gasteiger partial charge in [0.05, 0.1) is 29.5 Å². The smallest absolute Gasteiger partial charge is 0.255 e. The SMILES string of the molecule is O=C(NCc1ccco1)c1ccccc1NS(=O)(=O)/C=C/c1ccccc1. The normalized spacial score (nSPS) is 11.4. The number of amides is 1. The zero-order chi connectivity index (χ0) is 19.1. The van der Waals surface area contributed by atoms with Crippen molar-refractivity contribution in [2.75, 3.05) is 4.72 Å². The summed E-state index contributed by atoms with van der Waals surface area (Å²) in [7, 11) is -3.78. The summed E-state index contributed by atoms with van der Waals surface area (Å²) in [5.74, 6) is 0.198. The van der Waals surface area contributed by atoms with Crippen LogP contribution in [-0.4, -0.2) is 14.3 Å². The van der Waals surface area contributed by atoms with Crippen molar-refractivity contribution >= 4 is 27.7 Å². The van der Waals surface area contributed by atoms with Crippen LogP contribution in [0.3, 0.4) is 0 Å². The minimum absolute atomic E-state index is 0.201. The quantitative estimate of drug-likeness (QED) is 0.653. The van der Waals surface area contributed by atoms with Gasteiger partial charge in [-0.15, -0.1) is 0 Å². The average molecular weight is 382 g/mol. The second kappa shape index (κ2) is 8.37. The number of sulfonamides is 1. The Bertz CT molecular complexity index is 1030. The molecule has 0 aliphatic rings. The Hall–Kier alpha value is -3.32. The van der Waals surface area contributed by atoms with Crippen molar-refractivity contribution in [3.63, 3.8) is 0 Å². The molecule has 0 atom stereocenters. The Morgan fingerprint density at radius 2 is 1.70 bits per heavy atom. The number of carbonyl (C=O) groups is 1. The third kappa shape index (κ3) is 5.32. The van der Waals surface area contributed by atoms with Crippen LogP contribution in [0.5, 0.6) is 0 Å². The van der Waals surface area contributed by atoms with Gasteiger partial charge in [0.1, 0.15) is 5.76 Å². The molecule has 138 valence electrons. The zero-order valence-corrected chi connectivity index (χ0v) is 15.1. The molecule has 0 spiro atoms. The maximum absolute atomic E-state index is 12.4. The highest BCUT2D eigenvalue weighted by Gasteiger charge is 2.15. The topological polar surface area (TPSA) is 88.4 Å². The monoisotopic (exact) mass is 382 g/mol. The molecule has 27 heavy (non-hydrogen) atoms. The third-order valence-corrected chi connectivity index (χ3v) is 4.67. The van der Waals surface area contributed by atoms with Gasteiger partial charge >= 0.3 is 0 Å². The summed E-state index contributed by atoms with van der Waals surface area (Å²) >= 11 is 0. The van der Waals surface area contributed by atoms with Gasteiger partial charge in [-0.25, -0.2) is 8.42 Å². The highest BCUT2D eigenvalue weighted by molar-refractivity contribution is 7.95. The number of para-hydroxylation sites is 1. The summed E-state index contributed by atoms with van der Waals surface area (Å²) in [5, 5.41) is 3.77. The summed E-state index contributed by atoms with van der Waals surface area (Å²) in [6, 6.07) is 18.9. The molecular formula is C20H18N2O4S. The molecule has 1 aromatic heterocycles. The van der Waals surface area contributed by atoms with Crippen LogP contribution < -0.4 is 10.0 Å². The molecule has 0 aliphatic heterocycles. The van der Waals surface area contributed by atoms with Crippen LogP contribution in [0.1, 0.15) is 21.7 Å². The van der Waals surface area contributed by atoms with Gasteiger partial charge in [0.25, 0.3) is 15.9 Å². The highest BCUT2D eigenvalue weighted by Crippen LogP contribution is 2.18. The van der Waals surface area contributed by atoms with Crippen LogP contribution in [-0.2, 0) is 16.6 Å². The molecule has 0 fully saturated rings. The number of nitrogens with one attached hydrogen (secondary N) is 2. The molecule has 0 aliphatic carbocycles. The molecule has 1 heterocycles. The van der Waals surface area contributed by atoms with Crippen LogP contribution in [0.15, 0.2) is 82.8 Å². The standard InChI is InChI=1S/C20H18N2O4S/c23-20(21-15-17-9-6-13-26-17)18-10-4-5-11-19(18)22-27(24,25)14-12-16-7-2-1-3-8-16/h1-14,22H,15H2,(H,21,23)/b14-12+. The Labute approximate surface area is 157 Å². The first-order valence-electron chi connectivity index (χ1n) is 8.19. The summed E-state index contributed by atoms with van der Waals surface area (Å²) in [6.45, 7) is 0.209. The number of rotatable bonds is 7. The molecule has 2 N–H and O–H groups in total. The molecule has 6 nitrogen and oxygen atoms in total. The lowest BCUT2D eigenvalue weighted by Crippen LogP contribution is -2.24. The lowest BCUT2D eigenvalue weighted by molar-refractivity contribution is 0.0949. The number of furan rings is 1. The van der Waals surface area contributed by atoms with E-state index in [1.165, 1.54) is 18.4 Å². The number of anilines is 1. The van der Waals surface area contributed by atoms with E-state index < -0.39 is 15.9 Å². The lowest BCUT2D eigenvalue weighted by atomic mass is 10.1. The van der Waals surface area contributed by atoms with E-state index in [1.807, 2.05) is 18.2 Å². The van der Waals surface area contributed by atoms with Crippen molar-refractivity contribution < 1.29 is 17.6 Å². The van der Waals surface area contributed by atoms with Gasteiger partial charge in [-0.3, -0.25) is 9.52 Å². The van der Waals surface area contributed by atoms with E-state index >= 15 is 0 Å². The van der Waals surface area contributed by atoms with Gasteiger partial charge in [0.15, 0.2) is 0 Å². The maximum atomic E-state index is 12.4. The molecular weight excluding hydrogens is 364 g/mol. The molecule has 0 saturated heterocycles. The fourth-order valence-electron chi connectivity index (χ4n) is 2.37. The molecule has 0 bridgehead atoms. The fourth-order valence-corrected chi connectivity index (χ4v) is 3.25. The maximum Gasteiger partial charge on any atom is 0.255 e. The van der Waals surface area contributed by atoms with E-state index in [4.69, 9.17) is 4.42 Å². The Morgan fingerprint density at radius 3 is 2.44 bits per heavy atom. The molecule has 7 heteroatoms. The first-order chi connectivity index (χ1) is 13.0. The van der Waals surface area contributed by atoms with Gasteiger partial charge in [-0.05, 0) is 35.9 Å². The second-order valence-corrected chi connectivity index (χ2v) is 7.23. The van der Waals surface area contributed by atoms with Crippen molar-refractivity contribution in [3.05, 3.63) is 95.3 Å². The van der Waals surface area contributed by atoms with E-state index in [0.29, 0.717) is 5.76 Å². The Morgan fingerprint density at radius 1 is 0.963 bits per heavy atom. The van der Waals surface area contributed by atoms with Gasteiger partial charge in [0.2, 0.25) is 0 Å². The predicted molar refractivity (Wildman–Crippen MR) is 104 cm³/mol. The van der Waals surface area contributed by atoms with Gasteiger partial charge < -0.3 is 9.73 Å². The minimum atomic E-state index is -3.78. The van der Waals surface area contributed by atoms with Crippen molar-refractivity contribution in [1.82, 2.24) is 5.32 Å². The first kappa shape index (κ1) is 18.5. The van der Waals surface area contributed by atoms with E-state index in [0.717, 1.165) is 11.0 Å². The molecule has 0 radical (unpaired) electrons. The molecule has 1 amide bonds. The van der Waals surface area contributed by atoms with E-state index in [-0.39, 0.29) is 17.8 Å². The van der Waals surface area contributed by atoms with Gasteiger partial charge in [0, 0.05) is 0 Å². The molecule has 0 unspecified atom stereocenters. The van der Waals surface area contributed by atoms with Gasteiger partial charge in [-0.1, -0.05) is 42.5 Å². The van der Waals surface area contributed by atoms with Crippen molar-refractivity contribution in [2.45, 2.75) is 6.54 Å². The Balaban J connectivity index is 1.73. The average Bonchev–Trinajstić information content (AvgIpc) is 3.19. The van der Waals surface area contributed by atoms with E-state index in [2.05, 4.69) is 10.0 Å². The van der Waals surface area contributed by atoms with Crippen LogP contribution in [0.25, 0.3) is 6.08 Å². The number of hydrogen-bond donors (Lipinski definition) is 2. The predicted octanol–water partition coefficient (Wildman–Crippen LogP) is 3.62. The van der Waals surface area contributed by atoms with Crippen LogP contribution in [0, 0.1) is 0 Å². The third-order valence-electron chi connectivity index (χ3n) is 3.67. The zero-order valence-electron chi connectivity index (χ0n) is 14.3. The number of benzene rings is 2. The van der Waals surface area contributed by atoms with Gasteiger partial charge in [-0.2, -0.15) is 0 Å². The van der Waals surface area contributed by atoms with Crippen molar-refractivity contribution in [3.8, 4) is 0 Å². The van der Waals surface area contributed by atoms with Crippen molar-refractivity contribution in [2.24, 2.45) is 0 Å². The van der Waals surface area contributed by atoms with Crippen molar-refractivity contribution in [1.29, 1.82) is 0 Å². The molecule has 3 aromatic rings. The Kier molecular flexibility index (Phi) is 5.73. The summed E-state index contributed by atoms with van der Waals surface area (Å²) < 4.78 is 32.3. The van der Waals surface area contributed by atoms with E-state index in [1.54, 1.807) is 42.5 Å². The first-order valence-corrected chi connectivity index (χ1v) is 9.74. The molecule has 2 aromatic carbocycles. The van der Waals surface area contributed by atoms with Crippen LogP contribution in [0.2, 0.25) is 0 Å². The number of carbonyl (C=O) groups excluding carboxylic acids is 1. The highest BCUT2D eigenvalue weighted by atomic mass is 32.2.